The number of nitrogens with zero attached hydrogens (tertiary/aromatic N) is 1. The predicted molar refractivity (Wildman–Crippen MR) is 98.8 cm³/mol. The fraction of sp³-hybridized carbons (Fsp3) is 0. The Balaban J connectivity index is 1.62. The Morgan fingerprint density at radius 2 is 1.81 bits per heavy atom. The van der Waals surface area contributed by atoms with Crippen molar-refractivity contribution in [2.24, 2.45) is 0 Å². The zero-order valence-corrected chi connectivity index (χ0v) is 14.1. The molecule has 0 bridgehead atoms. The lowest BCUT2D eigenvalue weighted by Gasteiger charge is -2.04. The first kappa shape index (κ1) is 16.3. The molecule has 0 unspecified atom stereocenters. The largest absolute Gasteiger partial charge is 0.436 e. The van der Waals surface area contributed by atoms with Gasteiger partial charge in [-0.25, -0.2) is 9.37 Å². The summed E-state index contributed by atoms with van der Waals surface area (Å²) in [6.07, 6.45) is 0. The van der Waals surface area contributed by atoms with Crippen molar-refractivity contribution >= 4 is 34.3 Å². The third-order valence-corrected chi connectivity index (χ3v) is 4.19. The standard InChI is InChI=1S/C20H12ClFN2O2/c21-16-4-2-1-3-15(16)20-24-17-11-14(9-10-18(17)26-20)23-19(25)12-5-7-13(22)8-6-12/h1-11H,(H,23,25). The van der Waals surface area contributed by atoms with Crippen LogP contribution in [0.3, 0.4) is 0 Å². The summed E-state index contributed by atoms with van der Waals surface area (Å²) < 4.78 is 18.7. The van der Waals surface area contributed by atoms with Crippen LogP contribution in [0.4, 0.5) is 10.1 Å². The quantitative estimate of drug-likeness (QED) is 0.518. The van der Waals surface area contributed by atoms with Crippen molar-refractivity contribution in [3.05, 3.63) is 83.1 Å². The Labute approximate surface area is 153 Å². The van der Waals surface area contributed by atoms with Gasteiger partial charge in [-0.1, -0.05) is 23.7 Å². The molecule has 1 aromatic heterocycles. The van der Waals surface area contributed by atoms with E-state index in [4.69, 9.17) is 16.0 Å². The lowest BCUT2D eigenvalue weighted by atomic mass is 10.2. The molecule has 0 aliphatic rings. The molecular weight excluding hydrogens is 355 g/mol. The van der Waals surface area contributed by atoms with Gasteiger partial charge in [0.2, 0.25) is 5.89 Å². The van der Waals surface area contributed by atoms with E-state index in [-0.39, 0.29) is 5.91 Å². The molecule has 1 heterocycles. The number of fused-ring (bicyclic) bond motifs is 1. The molecule has 4 rings (SSSR count). The Kier molecular flexibility index (Phi) is 4.14. The molecule has 0 saturated heterocycles. The number of aromatic nitrogens is 1. The van der Waals surface area contributed by atoms with E-state index in [9.17, 15) is 9.18 Å². The summed E-state index contributed by atoms with van der Waals surface area (Å²) in [5.74, 6) is -0.315. The summed E-state index contributed by atoms with van der Waals surface area (Å²) in [7, 11) is 0. The topological polar surface area (TPSA) is 55.1 Å². The average Bonchev–Trinajstić information content (AvgIpc) is 3.05. The van der Waals surface area contributed by atoms with Crippen LogP contribution in [0.15, 0.2) is 71.1 Å². The highest BCUT2D eigenvalue weighted by molar-refractivity contribution is 6.33. The summed E-state index contributed by atoms with van der Waals surface area (Å²) in [5.41, 5.74) is 2.80. The molecule has 0 saturated carbocycles. The first-order valence-electron chi connectivity index (χ1n) is 7.82. The van der Waals surface area contributed by atoms with Gasteiger partial charge in [0.1, 0.15) is 11.3 Å². The van der Waals surface area contributed by atoms with Crippen molar-refractivity contribution in [3.63, 3.8) is 0 Å². The number of halogens is 2. The van der Waals surface area contributed by atoms with Gasteiger partial charge in [-0.15, -0.1) is 0 Å². The number of rotatable bonds is 3. The van der Waals surface area contributed by atoms with Crippen LogP contribution in [0.5, 0.6) is 0 Å². The van der Waals surface area contributed by atoms with Gasteiger partial charge in [-0.05, 0) is 54.6 Å². The minimum atomic E-state index is -0.391. The first-order valence-corrected chi connectivity index (χ1v) is 8.20. The molecule has 4 nitrogen and oxygen atoms in total. The number of oxazole rings is 1. The normalized spacial score (nSPS) is 10.8. The third-order valence-electron chi connectivity index (χ3n) is 3.86. The lowest BCUT2D eigenvalue weighted by molar-refractivity contribution is 0.102. The van der Waals surface area contributed by atoms with E-state index in [1.165, 1.54) is 24.3 Å². The fourth-order valence-electron chi connectivity index (χ4n) is 2.56. The van der Waals surface area contributed by atoms with Crippen LogP contribution in [-0.4, -0.2) is 10.9 Å². The summed E-state index contributed by atoms with van der Waals surface area (Å²) in [6.45, 7) is 0. The smallest absolute Gasteiger partial charge is 0.255 e. The number of nitrogens with one attached hydrogen (secondary N) is 1. The van der Waals surface area contributed by atoms with Gasteiger partial charge in [-0.3, -0.25) is 4.79 Å². The maximum Gasteiger partial charge on any atom is 0.255 e. The molecule has 4 aromatic rings. The predicted octanol–water partition coefficient (Wildman–Crippen LogP) is 5.54. The number of carbonyl (C=O) groups excluding carboxylic acids is 1. The molecule has 0 aliphatic heterocycles. The highest BCUT2D eigenvalue weighted by Gasteiger charge is 2.12. The van der Waals surface area contributed by atoms with Crippen molar-refractivity contribution < 1.29 is 13.6 Å². The zero-order chi connectivity index (χ0) is 18.1. The number of benzene rings is 3. The maximum atomic E-state index is 13.0. The molecule has 0 atom stereocenters. The van der Waals surface area contributed by atoms with E-state index in [1.807, 2.05) is 18.2 Å². The van der Waals surface area contributed by atoms with E-state index in [2.05, 4.69) is 10.3 Å². The second-order valence-electron chi connectivity index (χ2n) is 5.64. The van der Waals surface area contributed by atoms with Crippen molar-refractivity contribution in [3.8, 4) is 11.5 Å². The Morgan fingerprint density at radius 3 is 2.58 bits per heavy atom. The van der Waals surface area contributed by atoms with Crippen molar-refractivity contribution in [2.45, 2.75) is 0 Å². The van der Waals surface area contributed by atoms with Crippen molar-refractivity contribution in [2.75, 3.05) is 5.32 Å². The van der Waals surface area contributed by atoms with Gasteiger partial charge < -0.3 is 9.73 Å². The van der Waals surface area contributed by atoms with Gasteiger partial charge in [0.25, 0.3) is 5.91 Å². The van der Waals surface area contributed by atoms with Crippen LogP contribution in [-0.2, 0) is 0 Å². The molecule has 0 fully saturated rings. The SMILES string of the molecule is O=C(Nc1ccc2oc(-c3ccccc3Cl)nc2c1)c1ccc(F)cc1. The fourth-order valence-corrected chi connectivity index (χ4v) is 2.78. The Bertz CT molecular complexity index is 1110. The molecule has 1 N–H and O–H groups in total. The highest BCUT2D eigenvalue weighted by Crippen LogP contribution is 2.30. The molecule has 128 valence electrons. The van der Waals surface area contributed by atoms with Crippen molar-refractivity contribution in [1.82, 2.24) is 4.98 Å². The van der Waals surface area contributed by atoms with Crippen LogP contribution < -0.4 is 5.32 Å². The Hall–Kier alpha value is -3.18. The van der Waals surface area contributed by atoms with Crippen molar-refractivity contribution in [1.29, 1.82) is 0 Å². The van der Waals surface area contributed by atoms with Crippen LogP contribution >= 0.6 is 11.6 Å². The third kappa shape index (κ3) is 3.17. The summed E-state index contributed by atoms with van der Waals surface area (Å²) >= 11 is 6.18. The maximum absolute atomic E-state index is 13.0. The van der Waals surface area contributed by atoms with Crippen LogP contribution in [0.2, 0.25) is 5.02 Å². The minimum absolute atomic E-state index is 0.334. The molecule has 3 aromatic carbocycles. The van der Waals surface area contributed by atoms with Crippen LogP contribution in [0, 0.1) is 5.82 Å². The number of anilines is 1. The zero-order valence-electron chi connectivity index (χ0n) is 13.4. The van der Waals surface area contributed by atoms with Crippen LogP contribution in [0.25, 0.3) is 22.6 Å². The van der Waals surface area contributed by atoms with E-state index in [0.717, 1.165) is 0 Å². The van der Waals surface area contributed by atoms with Gasteiger partial charge in [0.05, 0.1) is 10.6 Å². The number of amides is 1. The molecule has 0 spiro atoms. The van der Waals surface area contributed by atoms with Gasteiger partial charge >= 0.3 is 0 Å². The summed E-state index contributed by atoms with van der Waals surface area (Å²) in [6, 6.07) is 17.8. The van der Waals surface area contributed by atoms with E-state index in [0.29, 0.717) is 38.8 Å². The molecular formula is C20H12ClFN2O2. The second kappa shape index (κ2) is 6.61. The Morgan fingerprint density at radius 1 is 1.04 bits per heavy atom. The molecule has 0 radical (unpaired) electrons. The average molecular weight is 367 g/mol. The molecule has 6 heteroatoms. The monoisotopic (exact) mass is 366 g/mol. The molecule has 26 heavy (non-hydrogen) atoms. The highest BCUT2D eigenvalue weighted by atomic mass is 35.5. The van der Waals surface area contributed by atoms with E-state index < -0.39 is 5.82 Å². The summed E-state index contributed by atoms with van der Waals surface area (Å²) in [5, 5.41) is 3.31. The van der Waals surface area contributed by atoms with E-state index >= 15 is 0 Å². The molecule has 1 amide bonds. The number of hydrogen-bond donors (Lipinski definition) is 1. The second-order valence-corrected chi connectivity index (χ2v) is 6.05. The molecule has 0 aliphatic carbocycles. The number of carbonyl (C=O) groups is 1. The van der Waals surface area contributed by atoms with Gasteiger partial charge in [-0.2, -0.15) is 0 Å². The van der Waals surface area contributed by atoms with E-state index in [1.54, 1.807) is 24.3 Å². The van der Waals surface area contributed by atoms with Gasteiger partial charge in [0, 0.05) is 11.3 Å². The first-order chi connectivity index (χ1) is 12.6. The summed E-state index contributed by atoms with van der Waals surface area (Å²) in [4.78, 5) is 16.7. The minimum Gasteiger partial charge on any atom is -0.436 e. The number of hydrogen-bond acceptors (Lipinski definition) is 3. The van der Waals surface area contributed by atoms with Gasteiger partial charge in [0.15, 0.2) is 5.58 Å². The van der Waals surface area contributed by atoms with Crippen LogP contribution in [0.1, 0.15) is 10.4 Å². The lowest BCUT2D eigenvalue weighted by Crippen LogP contribution is -2.11.